The highest BCUT2D eigenvalue weighted by atomic mass is 32.2. The number of aromatic nitrogens is 1. The molecule has 0 bridgehead atoms. The summed E-state index contributed by atoms with van der Waals surface area (Å²) >= 11 is 3.11. The minimum atomic E-state index is -0.00931. The van der Waals surface area contributed by atoms with Gasteiger partial charge in [0.25, 0.3) is 0 Å². The van der Waals surface area contributed by atoms with E-state index in [0.29, 0.717) is 12.3 Å². The SMILES string of the molecule is O=C(CSCc1cscn1)NCc1ccccc1CO. The molecular weight excluding hydrogens is 292 g/mol. The smallest absolute Gasteiger partial charge is 0.230 e. The van der Waals surface area contributed by atoms with E-state index in [9.17, 15) is 9.90 Å². The fourth-order valence-corrected chi connectivity index (χ4v) is 3.11. The Hall–Kier alpha value is -1.37. The molecule has 1 amide bonds. The number of nitrogens with one attached hydrogen (secondary N) is 1. The van der Waals surface area contributed by atoms with Gasteiger partial charge in [0.05, 0.1) is 23.6 Å². The molecular formula is C14H16N2O2S2. The Balaban J connectivity index is 1.72. The van der Waals surface area contributed by atoms with Crippen molar-refractivity contribution in [2.75, 3.05) is 5.75 Å². The van der Waals surface area contributed by atoms with Crippen LogP contribution in [0.2, 0.25) is 0 Å². The maximum atomic E-state index is 11.7. The first kappa shape index (κ1) is 15.0. The summed E-state index contributed by atoms with van der Waals surface area (Å²) in [6.45, 7) is 0.442. The zero-order valence-electron chi connectivity index (χ0n) is 10.9. The number of aliphatic hydroxyl groups is 1. The molecule has 0 unspecified atom stereocenters. The van der Waals surface area contributed by atoms with Crippen LogP contribution in [0.1, 0.15) is 16.8 Å². The predicted molar refractivity (Wildman–Crippen MR) is 82.5 cm³/mol. The van der Waals surface area contributed by atoms with Crippen LogP contribution in [0.15, 0.2) is 35.2 Å². The van der Waals surface area contributed by atoms with Gasteiger partial charge in [0, 0.05) is 17.7 Å². The first-order valence-corrected chi connectivity index (χ1v) is 8.28. The molecule has 0 fully saturated rings. The lowest BCUT2D eigenvalue weighted by atomic mass is 10.1. The van der Waals surface area contributed by atoms with E-state index in [2.05, 4.69) is 10.3 Å². The topological polar surface area (TPSA) is 62.2 Å². The minimum absolute atomic E-state index is 0.00188. The Morgan fingerprint density at radius 3 is 2.85 bits per heavy atom. The molecule has 20 heavy (non-hydrogen) atoms. The lowest BCUT2D eigenvalue weighted by molar-refractivity contribution is -0.118. The van der Waals surface area contributed by atoms with Gasteiger partial charge in [-0.05, 0) is 11.1 Å². The maximum absolute atomic E-state index is 11.7. The van der Waals surface area contributed by atoms with Crippen molar-refractivity contribution in [3.05, 3.63) is 52.0 Å². The van der Waals surface area contributed by atoms with E-state index >= 15 is 0 Å². The fourth-order valence-electron chi connectivity index (χ4n) is 1.69. The molecule has 2 N–H and O–H groups in total. The van der Waals surface area contributed by atoms with Crippen molar-refractivity contribution in [2.24, 2.45) is 0 Å². The van der Waals surface area contributed by atoms with Crippen molar-refractivity contribution in [1.29, 1.82) is 0 Å². The van der Waals surface area contributed by atoms with Crippen LogP contribution < -0.4 is 5.32 Å². The number of thioether (sulfide) groups is 1. The van der Waals surface area contributed by atoms with E-state index in [1.54, 1.807) is 28.6 Å². The number of aliphatic hydroxyl groups excluding tert-OH is 1. The second-order valence-corrected chi connectivity index (χ2v) is 5.88. The molecule has 2 rings (SSSR count). The number of benzene rings is 1. The Labute approximate surface area is 126 Å². The quantitative estimate of drug-likeness (QED) is 0.823. The summed E-state index contributed by atoms with van der Waals surface area (Å²) < 4.78 is 0. The number of rotatable bonds is 7. The van der Waals surface area contributed by atoms with E-state index < -0.39 is 0 Å². The number of carbonyl (C=O) groups is 1. The second-order valence-electron chi connectivity index (χ2n) is 4.18. The number of hydrogen-bond donors (Lipinski definition) is 2. The van der Waals surface area contributed by atoms with E-state index in [4.69, 9.17) is 0 Å². The van der Waals surface area contributed by atoms with Crippen molar-refractivity contribution >= 4 is 29.0 Å². The molecule has 0 aliphatic carbocycles. The summed E-state index contributed by atoms with van der Waals surface area (Å²) in [5.74, 6) is 1.17. The van der Waals surface area contributed by atoms with Gasteiger partial charge in [0.15, 0.2) is 0 Å². The van der Waals surface area contributed by atoms with Gasteiger partial charge in [-0.25, -0.2) is 4.98 Å². The van der Waals surface area contributed by atoms with Crippen LogP contribution in [-0.4, -0.2) is 21.8 Å². The van der Waals surface area contributed by atoms with Crippen molar-refractivity contribution in [3.8, 4) is 0 Å². The van der Waals surface area contributed by atoms with Crippen LogP contribution in [0.5, 0.6) is 0 Å². The number of nitrogens with zero attached hydrogens (tertiary/aromatic N) is 1. The molecule has 0 atom stereocenters. The van der Waals surface area contributed by atoms with Gasteiger partial charge in [-0.3, -0.25) is 4.79 Å². The van der Waals surface area contributed by atoms with Crippen molar-refractivity contribution in [1.82, 2.24) is 10.3 Å². The van der Waals surface area contributed by atoms with E-state index in [0.717, 1.165) is 22.6 Å². The molecule has 0 saturated heterocycles. The number of amides is 1. The third kappa shape index (κ3) is 4.63. The molecule has 4 nitrogen and oxygen atoms in total. The molecule has 0 saturated carbocycles. The van der Waals surface area contributed by atoms with Gasteiger partial charge in [0.2, 0.25) is 5.91 Å². The van der Waals surface area contributed by atoms with Gasteiger partial charge in [0.1, 0.15) is 0 Å². The average molecular weight is 308 g/mol. The number of thiazole rings is 1. The van der Waals surface area contributed by atoms with Crippen LogP contribution in [-0.2, 0) is 23.7 Å². The first-order chi connectivity index (χ1) is 9.79. The van der Waals surface area contributed by atoms with Gasteiger partial charge < -0.3 is 10.4 Å². The zero-order valence-corrected chi connectivity index (χ0v) is 12.5. The largest absolute Gasteiger partial charge is 0.392 e. The van der Waals surface area contributed by atoms with Gasteiger partial charge in [-0.15, -0.1) is 23.1 Å². The monoisotopic (exact) mass is 308 g/mol. The summed E-state index contributed by atoms with van der Waals surface area (Å²) in [5.41, 5.74) is 4.61. The third-order valence-electron chi connectivity index (χ3n) is 2.73. The molecule has 2 aromatic rings. The highest BCUT2D eigenvalue weighted by Gasteiger charge is 2.05. The molecule has 0 radical (unpaired) electrons. The minimum Gasteiger partial charge on any atom is -0.392 e. The summed E-state index contributed by atoms with van der Waals surface area (Å²) in [6.07, 6.45) is 0. The normalized spacial score (nSPS) is 10.4. The van der Waals surface area contributed by atoms with Crippen LogP contribution in [0.25, 0.3) is 0 Å². The standard InChI is InChI=1S/C14H16N2O2S2/c17-6-12-4-2-1-3-11(12)5-15-14(18)9-19-7-13-8-20-10-16-13/h1-4,8,10,17H,5-7,9H2,(H,15,18). The Bertz CT molecular complexity index is 544. The molecule has 0 aliphatic rings. The molecule has 6 heteroatoms. The fraction of sp³-hybridized carbons (Fsp3) is 0.286. The third-order valence-corrected chi connectivity index (χ3v) is 4.33. The lowest BCUT2D eigenvalue weighted by Gasteiger charge is -2.08. The van der Waals surface area contributed by atoms with Crippen LogP contribution >= 0.6 is 23.1 Å². The zero-order chi connectivity index (χ0) is 14.2. The Morgan fingerprint density at radius 1 is 1.35 bits per heavy atom. The highest BCUT2D eigenvalue weighted by Crippen LogP contribution is 2.12. The molecule has 0 spiro atoms. The summed E-state index contributed by atoms with van der Waals surface area (Å²) in [7, 11) is 0. The number of carbonyl (C=O) groups excluding carboxylic acids is 1. The van der Waals surface area contributed by atoms with Crippen molar-refractivity contribution in [3.63, 3.8) is 0 Å². The van der Waals surface area contributed by atoms with E-state index in [1.165, 1.54) is 0 Å². The van der Waals surface area contributed by atoms with Crippen molar-refractivity contribution < 1.29 is 9.90 Å². The molecule has 1 aromatic carbocycles. The van der Waals surface area contributed by atoms with E-state index in [1.807, 2.05) is 29.6 Å². The lowest BCUT2D eigenvalue weighted by Crippen LogP contribution is -2.25. The van der Waals surface area contributed by atoms with Crippen LogP contribution in [0, 0.1) is 0 Å². The van der Waals surface area contributed by atoms with E-state index in [-0.39, 0.29) is 12.5 Å². The molecule has 0 aliphatic heterocycles. The molecule has 1 heterocycles. The molecule has 1 aromatic heterocycles. The summed E-state index contributed by atoms with van der Waals surface area (Å²) in [4.78, 5) is 15.9. The molecule has 106 valence electrons. The van der Waals surface area contributed by atoms with Crippen molar-refractivity contribution in [2.45, 2.75) is 18.9 Å². The average Bonchev–Trinajstić information content (AvgIpc) is 2.98. The first-order valence-electron chi connectivity index (χ1n) is 6.18. The maximum Gasteiger partial charge on any atom is 0.230 e. The highest BCUT2D eigenvalue weighted by molar-refractivity contribution is 7.99. The Morgan fingerprint density at radius 2 is 2.15 bits per heavy atom. The number of hydrogen-bond acceptors (Lipinski definition) is 5. The summed E-state index contributed by atoms with van der Waals surface area (Å²) in [6, 6.07) is 7.55. The second kappa shape index (κ2) is 8.04. The summed E-state index contributed by atoms with van der Waals surface area (Å²) in [5, 5.41) is 14.1. The van der Waals surface area contributed by atoms with Crippen LogP contribution in [0.3, 0.4) is 0 Å². The Kier molecular flexibility index (Phi) is 6.04. The van der Waals surface area contributed by atoms with Gasteiger partial charge in [-0.2, -0.15) is 0 Å². The van der Waals surface area contributed by atoms with Gasteiger partial charge in [-0.1, -0.05) is 24.3 Å². The van der Waals surface area contributed by atoms with Crippen LogP contribution in [0.4, 0.5) is 0 Å². The predicted octanol–water partition coefficient (Wildman–Crippen LogP) is 2.19. The van der Waals surface area contributed by atoms with Gasteiger partial charge >= 0.3 is 0 Å².